The van der Waals surface area contributed by atoms with E-state index in [9.17, 15) is 0 Å². The number of aromatic nitrogens is 1. The highest BCUT2D eigenvalue weighted by atomic mass is 15.0. The molecule has 0 saturated heterocycles. The lowest BCUT2D eigenvalue weighted by molar-refractivity contribution is 1.18. The zero-order valence-electron chi connectivity index (χ0n) is 17.8. The second-order valence-corrected chi connectivity index (χ2v) is 8.67. The standard InChI is InChI=1S/C31H21N/c1-20-14-17-22(18-15-20)32-28-13-7-6-12-27(28)30-29-23-9-3-2-8-21(23)16-19-25(29)24-10-4-5-11-26(24)31(30)32/h2-19H,1H3. The van der Waals surface area contributed by atoms with E-state index < -0.39 is 0 Å². The third kappa shape index (κ3) is 2.28. The van der Waals surface area contributed by atoms with Crippen molar-refractivity contribution in [2.45, 2.75) is 6.92 Å². The van der Waals surface area contributed by atoms with Crippen molar-refractivity contribution in [1.82, 2.24) is 4.57 Å². The van der Waals surface area contributed by atoms with Crippen molar-refractivity contribution in [2.24, 2.45) is 0 Å². The van der Waals surface area contributed by atoms with Crippen molar-refractivity contribution in [1.29, 1.82) is 0 Å². The smallest absolute Gasteiger partial charge is 0.0626 e. The Morgan fingerprint density at radius 3 is 1.94 bits per heavy atom. The van der Waals surface area contributed by atoms with Gasteiger partial charge in [-0.25, -0.2) is 0 Å². The maximum Gasteiger partial charge on any atom is 0.0626 e. The third-order valence-corrected chi connectivity index (χ3v) is 6.82. The SMILES string of the molecule is Cc1ccc(-n2c3ccccc3c3c4c5ccccc5ccc4c4ccccc4c32)cc1. The molecule has 0 atom stereocenters. The van der Waals surface area contributed by atoms with Crippen LogP contribution in [-0.4, -0.2) is 4.57 Å². The fourth-order valence-corrected chi connectivity index (χ4v) is 5.40. The molecule has 6 aromatic carbocycles. The van der Waals surface area contributed by atoms with Crippen LogP contribution >= 0.6 is 0 Å². The molecule has 1 nitrogen and oxygen atoms in total. The molecule has 7 rings (SSSR count). The molecule has 0 aliphatic heterocycles. The van der Waals surface area contributed by atoms with Gasteiger partial charge in [0.15, 0.2) is 0 Å². The minimum Gasteiger partial charge on any atom is -0.309 e. The zero-order valence-corrected chi connectivity index (χ0v) is 17.8. The van der Waals surface area contributed by atoms with E-state index >= 15 is 0 Å². The fraction of sp³-hybridized carbons (Fsp3) is 0.0323. The first kappa shape index (κ1) is 17.6. The number of hydrogen-bond donors (Lipinski definition) is 0. The summed E-state index contributed by atoms with van der Waals surface area (Å²) in [5, 5.41) is 10.5. The Morgan fingerprint density at radius 1 is 0.469 bits per heavy atom. The molecule has 0 N–H and O–H groups in total. The van der Waals surface area contributed by atoms with Gasteiger partial charge in [0, 0.05) is 27.2 Å². The normalized spacial score (nSPS) is 11.9. The number of aryl methyl sites for hydroxylation is 1. The number of fused-ring (bicyclic) bond motifs is 10. The molecule has 0 fully saturated rings. The van der Waals surface area contributed by atoms with Gasteiger partial charge in [-0.1, -0.05) is 96.6 Å². The summed E-state index contributed by atoms with van der Waals surface area (Å²) in [6.07, 6.45) is 0. The zero-order chi connectivity index (χ0) is 21.2. The second-order valence-electron chi connectivity index (χ2n) is 8.67. The minimum absolute atomic E-state index is 1.20. The van der Waals surface area contributed by atoms with E-state index in [0.717, 1.165) is 0 Å². The molecule has 0 aliphatic carbocycles. The topological polar surface area (TPSA) is 4.93 Å². The molecule has 1 heterocycles. The summed E-state index contributed by atoms with van der Waals surface area (Å²) in [5.41, 5.74) is 5.01. The van der Waals surface area contributed by atoms with Crippen molar-refractivity contribution >= 4 is 54.1 Å². The predicted octanol–water partition coefficient (Wildman–Crippen LogP) is 8.55. The van der Waals surface area contributed by atoms with Gasteiger partial charge in [0.25, 0.3) is 0 Å². The average Bonchev–Trinajstić information content (AvgIpc) is 3.20. The summed E-state index contributed by atoms with van der Waals surface area (Å²) >= 11 is 0. The van der Waals surface area contributed by atoms with Gasteiger partial charge in [-0.05, 0) is 46.7 Å². The molecule has 1 aromatic heterocycles. The van der Waals surface area contributed by atoms with Crippen LogP contribution in [0.2, 0.25) is 0 Å². The Hall–Kier alpha value is -4.10. The molecular formula is C31H21N. The van der Waals surface area contributed by atoms with Crippen LogP contribution in [0.3, 0.4) is 0 Å². The van der Waals surface area contributed by atoms with E-state index in [1.807, 2.05) is 0 Å². The highest BCUT2D eigenvalue weighted by molar-refractivity contribution is 6.36. The van der Waals surface area contributed by atoms with Gasteiger partial charge >= 0.3 is 0 Å². The molecule has 0 spiro atoms. The first-order valence-corrected chi connectivity index (χ1v) is 11.1. The summed E-state index contributed by atoms with van der Waals surface area (Å²) < 4.78 is 2.45. The van der Waals surface area contributed by atoms with Gasteiger partial charge < -0.3 is 4.57 Å². The van der Waals surface area contributed by atoms with Gasteiger partial charge in [-0.15, -0.1) is 0 Å². The molecule has 150 valence electrons. The summed E-state index contributed by atoms with van der Waals surface area (Å²) in [6.45, 7) is 2.14. The lowest BCUT2D eigenvalue weighted by atomic mass is 9.93. The number of hydrogen-bond acceptors (Lipinski definition) is 0. The van der Waals surface area contributed by atoms with Crippen LogP contribution in [-0.2, 0) is 0 Å². The maximum absolute atomic E-state index is 2.45. The van der Waals surface area contributed by atoms with E-state index in [4.69, 9.17) is 0 Å². The van der Waals surface area contributed by atoms with Crippen molar-refractivity contribution in [3.05, 3.63) is 115 Å². The Balaban J connectivity index is 1.87. The number of benzene rings is 6. The van der Waals surface area contributed by atoms with Gasteiger partial charge in [-0.2, -0.15) is 0 Å². The van der Waals surface area contributed by atoms with Crippen LogP contribution < -0.4 is 0 Å². The van der Waals surface area contributed by atoms with Crippen LogP contribution in [0.5, 0.6) is 0 Å². The number of rotatable bonds is 1. The van der Waals surface area contributed by atoms with Crippen molar-refractivity contribution in [2.75, 3.05) is 0 Å². The summed E-state index contributed by atoms with van der Waals surface area (Å²) in [6, 6.07) is 39.9. The summed E-state index contributed by atoms with van der Waals surface area (Å²) in [4.78, 5) is 0. The highest BCUT2D eigenvalue weighted by Crippen LogP contribution is 2.44. The Morgan fingerprint density at radius 2 is 1.12 bits per heavy atom. The molecular weight excluding hydrogens is 386 g/mol. The Labute approximate surface area is 186 Å². The number of para-hydroxylation sites is 1. The maximum atomic E-state index is 2.45. The van der Waals surface area contributed by atoms with Gasteiger partial charge in [-0.3, -0.25) is 0 Å². The van der Waals surface area contributed by atoms with E-state index in [1.165, 1.54) is 65.4 Å². The first-order chi connectivity index (χ1) is 15.8. The monoisotopic (exact) mass is 407 g/mol. The molecule has 0 saturated carbocycles. The molecule has 1 heteroatoms. The average molecular weight is 408 g/mol. The Bertz CT molecular complexity index is 1820. The van der Waals surface area contributed by atoms with Crippen molar-refractivity contribution in [3.8, 4) is 5.69 Å². The largest absolute Gasteiger partial charge is 0.309 e. The molecule has 0 amide bonds. The fourth-order valence-electron chi connectivity index (χ4n) is 5.40. The summed E-state index contributed by atoms with van der Waals surface area (Å²) in [7, 11) is 0. The van der Waals surface area contributed by atoms with Gasteiger partial charge in [0.2, 0.25) is 0 Å². The van der Waals surface area contributed by atoms with E-state index in [2.05, 4.69) is 121 Å². The molecule has 0 unspecified atom stereocenters. The van der Waals surface area contributed by atoms with Gasteiger partial charge in [0.1, 0.15) is 0 Å². The lowest BCUT2D eigenvalue weighted by Crippen LogP contribution is -1.95. The Kier molecular flexibility index (Phi) is 3.54. The van der Waals surface area contributed by atoms with E-state index in [0.29, 0.717) is 0 Å². The lowest BCUT2D eigenvalue weighted by Gasteiger charge is -2.13. The molecule has 0 aliphatic rings. The predicted molar refractivity (Wildman–Crippen MR) is 138 cm³/mol. The highest BCUT2D eigenvalue weighted by Gasteiger charge is 2.19. The molecule has 7 aromatic rings. The molecule has 0 radical (unpaired) electrons. The van der Waals surface area contributed by atoms with Crippen LogP contribution in [0.1, 0.15) is 5.56 Å². The van der Waals surface area contributed by atoms with E-state index in [-0.39, 0.29) is 0 Å². The van der Waals surface area contributed by atoms with Crippen molar-refractivity contribution in [3.63, 3.8) is 0 Å². The van der Waals surface area contributed by atoms with Crippen LogP contribution in [0, 0.1) is 6.92 Å². The summed E-state index contributed by atoms with van der Waals surface area (Å²) in [5.74, 6) is 0. The van der Waals surface area contributed by atoms with Crippen LogP contribution in [0.4, 0.5) is 0 Å². The van der Waals surface area contributed by atoms with E-state index in [1.54, 1.807) is 0 Å². The van der Waals surface area contributed by atoms with Crippen LogP contribution in [0.25, 0.3) is 59.8 Å². The number of nitrogens with zero attached hydrogens (tertiary/aromatic N) is 1. The minimum atomic E-state index is 1.20. The molecule has 32 heavy (non-hydrogen) atoms. The first-order valence-electron chi connectivity index (χ1n) is 11.1. The molecule has 0 bridgehead atoms. The van der Waals surface area contributed by atoms with Gasteiger partial charge in [0.05, 0.1) is 11.0 Å². The second kappa shape index (κ2) is 6.45. The quantitative estimate of drug-likeness (QED) is 0.240. The van der Waals surface area contributed by atoms with Crippen molar-refractivity contribution < 1.29 is 0 Å². The third-order valence-electron chi connectivity index (χ3n) is 6.82. The van der Waals surface area contributed by atoms with Crippen LogP contribution in [0.15, 0.2) is 109 Å².